The molecular weight excluding hydrogens is 468 g/mol. The minimum Gasteiger partial charge on any atom is -0.392 e. The van der Waals surface area contributed by atoms with E-state index in [1.807, 2.05) is 18.2 Å². The van der Waals surface area contributed by atoms with Gasteiger partial charge in [-0.1, -0.05) is 41.9 Å². The fourth-order valence-electron chi connectivity index (χ4n) is 3.33. The summed E-state index contributed by atoms with van der Waals surface area (Å²) in [6.07, 6.45) is -0.710. The molecule has 2 aromatic carbocycles. The number of nitrogens with zero attached hydrogens (tertiary/aromatic N) is 3. The van der Waals surface area contributed by atoms with Crippen molar-refractivity contribution < 1.29 is 14.7 Å². The van der Waals surface area contributed by atoms with Gasteiger partial charge in [-0.25, -0.2) is 9.67 Å². The first kappa shape index (κ1) is 23.9. The number of hydrogen-bond donors (Lipinski definition) is 4. The number of para-hydroxylation sites is 1. The standard InChI is InChI=1S/C25H23ClN6O3/c1-15(33)14-28-25(35)21-13-23(32(31-21)17-6-3-2-4-7-17)30-24(34)18-12-16(10-11-19(18)26)20-8-5-9-22(27)29-20/h2-13,15,33H,14H2,1H3,(H2,27,29)(H,28,35)(H,30,34)/t15-/m0/s1. The first-order valence-corrected chi connectivity index (χ1v) is 11.1. The van der Waals surface area contributed by atoms with Crippen LogP contribution in [-0.4, -0.2) is 44.3 Å². The normalized spacial score (nSPS) is 11.6. The Morgan fingerprint density at radius 1 is 1.06 bits per heavy atom. The van der Waals surface area contributed by atoms with E-state index < -0.39 is 17.9 Å². The summed E-state index contributed by atoms with van der Waals surface area (Å²) in [4.78, 5) is 30.1. The molecule has 0 fully saturated rings. The number of aliphatic hydroxyl groups excluding tert-OH is 1. The van der Waals surface area contributed by atoms with Crippen molar-refractivity contribution in [3.05, 3.63) is 89.1 Å². The summed E-state index contributed by atoms with van der Waals surface area (Å²) in [6.45, 7) is 1.63. The number of nitrogen functional groups attached to an aromatic ring is 1. The van der Waals surface area contributed by atoms with Gasteiger partial charge in [-0.05, 0) is 43.3 Å². The van der Waals surface area contributed by atoms with Crippen LogP contribution in [0.25, 0.3) is 16.9 Å². The molecule has 2 amide bonds. The molecule has 0 aliphatic rings. The zero-order valence-electron chi connectivity index (χ0n) is 18.8. The number of nitrogens with two attached hydrogens (primary N) is 1. The minimum absolute atomic E-state index is 0.0686. The van der Waals surface area contributed by atoms with Crippen LogP contribution < -0.4 is 16.4 Å². The van der Waals surface area contributed by atoms with Crippen LogP contribution in [-0.2, 0) is 0 Å². The number of rotatable bonds is 7. The summed E-state index contributed by atoms with van der Waals surface area (Å²) >= 11 is 6.34. The molecule has 4 aromatic rings. The molecule has 1 atom stereocenters. The van der Waals surface area contributed by atoms with Crippen molar-refractivity contribution >= 4 is 35.1 Å². The molecule has 0 spiro atoms. The summed E-state index contributed by atoms with van der Waals surface area (Å²) in [5.41, 5.74) is 7.99. The Hall–Kier alpha value is -4.21. The number of nitrogens with one attached hydrogen (secondary N) is 2. The van der Waals surface area contributed by atoms with Crippen molar-refractivity contribution in [2.75, 3.05) is 17.6 Å². The Morgan fingerprint density at radius 2 is 1.83 bits per heavy atom. The molecule has 0 bridgehead atoms. The molecule has 0 saturated heterocycles. The molecule has 10 heteroatoms. The highest BCUT2D eigenvalue weighted by atomic mass is 35.5. The van der Waals surface area contributed by atoms with E-state index in [-0.39, 0.29) is 28.6 Å². The monoisotopic (exact) mass is 490 g/mol. The maximum Gasteiger partial charge on any atom is 0.271 e. The summed E-state index contributed by atoms with van der Waals surface area (Å²) in [5.74, 6) is -0.346. The molecule has 35 heavy (non-hydrogen) atoms. The summed E-state index contributed by atoms with van der Waals surface area (Å²) in [5, 5.41) is 19.5. The average Bonchev–Trinajstić information content (AvgIpc) is 3.27. The summed E-state index contributed by atoms with van der Waals surface area (Å²) in [6, 6.07) is 20.7. The van der Waals surface area contributed by atoms with Gasteiger partial charge in [0.1, 0.15) is 11.6 Å². The number of pyridine rings is 1. The first-order valence-electron chi connectivity index (χ1n) is 10.8. The van der Waals surface area contributed by atoms with Gasteiger partial charge in [-0.3, -0.25) is 9.59 Å². The molecule has 9 nitrogen and oxygen atoms in total. The number of anilines is 2. The Kier molecular flexibility index (Phi) is 7.09. The van der Waals surface area contributed by atoms with E-state index in [1.54, 1.807) is 55.5 Å². The number of amides is 2. The largest absolute Gasteiger partial charge is 0.392 e. The number of benzene rings is 2. The summed E-state index contributed by atoms with van der Waals surface area (Å²) < 4.78 is 1.45. The second-order valence-electron chi connectivity index (χ2n) is 7.82. The number of carbonyl (C=O) groups is 2. The highest BCUT2D eigenvalue weighted by Gasteiger charge is 2.20. The van der Waals surface area contributed by atoms with Gasteiger partial charge >= 0.3 is 0 Å². The third kappa shape index (κ3) is 5.65. The Balaban J connectivity index is 1.67. The van der Waals surface area contributed by atoms with Crippen molar-refractivity contribution in [2.45, 2.75) is 13.0 Å². The fraction of sp³-hybridized carbons (Fsp3) is 0.120. The van der Waals surface area contributed by atoms with Crippen LogP contribution in [0, 0.1) is 0 Å². The molecule has 5 N–H and O–H groups in total. The number of carbonyl (C=O) groups excluding carboxylic acids is 2. The van der Waals surface area contributed by atoms with Crippen LogP contribution in [0.2, 0.25) is 5.02 Å². The molecule has 0 saturated carbocycles. The molecule has 2 aromatic heterocycles. The second kappa shape index (κ2) is 10.4. The maximum atomic E-state index is 13.2. The topological polar surface area (TPSA) is 135 Å². The van der Waals surface area contributed by atoms with E-state index >= 15 is 0 Å². The quantitative estimate of drug-likeness (QED) is 0.313. The lowest BCUT2D eigenvalue weighted by Gasteiger charge is -2.11. The molecule has 0 radical (unpaired) electrons. The van der Waals surface area contributed by atoms with Gasteiger partial charge in [0.25, 0.3) is 11.8 Å². The lowest BCUT2D eigenvalue weighted by atomic mass is 10.1. The lowest BCUT2D eigenvalue weighted by Crippen LogP contribution is -2.30. The molecule has 4 rings (SSSR count). The minimum atomic E-state index is -0.710. The van der Waals surface area contributed by atoms with Crippen LogP contribution in [0.3, 0.4) is 0 Å². The number of aromatic nitrogens is 3. The van der Waals surface area contributed by atoms with Gasteiger partial charge in [-0.2, -0.15) is 5.10 Å². The Labute approximate surface area is 206 Å². The maximum absolute atomic E-state index is 13.2. The van der Waals surface area contributed by atoms with E-state index in [9.17, 15) is 14.7 Å². The smallest absolute Gasteiger partial charge is 0.271 e. The predicted molar refractivity (Wildman–Crippen MR) is 135 cm³/mol. The highest BCUT2D eigenvalue weighted by Crippen LogP contribution is 2.26. The van der Waals surface area contributed by atoms with Crippen molar-refractivity contribution in [3.63, 3.8) is 0 Å². The number of aliphatic hydroxyl groups is 1. The van der Waals surface area contributed by atoms with Gasteiger partial charge < -0.3 is 21.5 Å². The zero-order valence-corrected chi connectivity index (χ0v) is 19.5. The van der Waals surface area contributed by atoms with Crippen LogP contribution in [0.5, 0.6) is 0 Å². The third-order valence-corrected chi connectivity index (χ3v) is 5.35. The lowest BCUT2D eigenvalue weighted by molar-refractivity contribution is 0.0918. The predicted octanol–water partition coefficient (Wildman–Crippen LogP) is 3.53. The zero-order chi connectivity index (χ0) is 24.9. The van der Waals surface area contributed by atoms with Crippen molar-refractivity contribution in [1.82, 2.24) is 20.1 Å². The van der Waals surface area contributed by atoms with E-state index in [0.717, 1.165) is 0 Å². The van der Waals surface area contributed by atoms with Crippen LogP contribution in [0.15, 0.2) is 72.8 Å². The van der Waals surface area contributed by atoms with E-state index in [0.29, 0.717) is 22.8 Å². The number of halogens is 1. The van der Waals surface area contributed by atoms with Gasteiger partial charge in [0.2, 0.25) is 0 Å². The van der Waals surface area contributed by atoms with Crippen LogP contribution >= 0.6 is 11.6 Å². The van der Waals surface area contributed by atoms with E-state index in [2.05, 4.69) is 20.7 Å². The molecule has 178 valence electrons. The fourth-order valence-corrected chi connectivity index (χ4v) is 3.54. The Morgan fingerprint density at radius 3 is 2.54 bits per heavy atom. The van der Waals surface area contributed by atoms with Crippen LogP contribution in [0.1, 0.15) is 27.8 Å². The van der Waals surface area contributed by atoms with Crippen molar-refractivity contribution in [2.24, 2.45) is 0 Å². The molecule has 0 unspecified atom stereocenters. The SMILES string of the molecule is C[C@H](O)CNC(=O)c1cc(NC(=O)c2cc(-c3cccc(N)n3)ccc2Cl)n(-c2ccccc2)n1. The first-order chi connectivity index (χ1) is 16.8. The van der Waals surface area contributed by atoms with Gasteiger partial charge in [0.15, 0.2) is 5.69 Å². The van der Waals surface area contributed by atoms with E-state index in [1.165, 1.54) is 10.7 Å². The van der Waals surface area contributed by atoms with Crippen molar-refractivity contribution in [3.8, 4) is 16.9 Å². The molecule has 0 aliphatic carbocycles. The Bertz CT molecular complexity index is 1370. The van der Waals surface area contributed by atoms with Gasteiger partial charge in [0, 0.05) is 18.2 Å². The molecular formula is C25H23ClN6O3. The summed E-state index contributed by atoms with van der Waals surface area (Å²) in [7, 11) is 0. The van der Waals surface area contributed by atoms with E-state index in [4.69, 9.17) is 17.3 Å². The molecule has 2 heterocycles. The second-order valence-corrected chi connectivity index (χ2v) is 8.22. The van der Waals surface area contributed by atoms with Crippen LogP contribution in [0.4, 0.5) is 11.6 Å². The van der Waals surface area contributed by atoms with Gasteiger partial charge in [0.05, 0.1) is 28.1 Å². The average molecular weight is 491 g/mol. The van der Waals surface area contributed by atoms with Crippen molar-refractivity contribution in [1.29, 1.82) is 0 Å². The number of hydrogen-bond acceptors (Lipinski definition) is 6. The molecule has 0 aliphatic heterocycles. The third-order valence-electron chi connectivity index (χ3n) is 5.02. The highest BCUT2D eigenvalue weighted by molar-refractivity contribution is 6.34. The van der Waals surface area contributed by atoms with Gasteiger partial charge in [-0.15, -0.1) is 0 Å².